The van der Waals surface area contributed by atoms with Gasteiger partial charge in [0.15, 0.2) is 0 Å². The number of cyclic esters (lactones) is 1. The number of benzene rings is 3. The van der Waals surface area contributed by atoms with Crippen LogP contribution in [0.4, 0.5) is 4.79 Å². The van der Waals surface area contributed by atoms with E-state index in [0.29, 0.717) is 13.0 Å². The van der Waals surface area contributed by atoms with Crippen molar-refractivity contribution in [2.24, 2.45) is 5.92 Å². The summed E-state index contributed by atoms with van der Waals surface area (Å²) in [6.45, 7) is 2.43. The molecule has 2 amide bonds. The van der Waals surface area contributed by atoms with Crippen molar-refractivity contribution in [3.8, 4) is 0 Å². The first kappa shape index (κ1) is 21.4. The lowest BCUT2D eigenvalue weighted by molar-refractivity contribution is -0.133. The highest BCUT2D eigenvalue weighted by Gasteiger charge is 2.46. The van der Waals surface area contributed by atoms with Gasteiger partial charge in [-0.25, -0.2) is 9.69 Å². The van der Waals surface area contributed by atoms with Crippen LogP contribution in [0.5, 0.6) is 0 Å². The summed E-state index contributed by atoms with van der Waals surface area (Å²) in [7, 11) is 0. The first-order valence-electron chi connectivity index (χ1n) is 11.5. The van der Waals surface area contributed by atoms with Crippen molar-refractivity contribution in [1.82, 2.24) is 9.80 Å². The molecule has 0 aliphatic carbocycles. The first-order valence-corrected chi connectivity index (χ1v) is 11.5. The molecule has 2 fully saturated rings. The van der Waals surface area contributed by atoms with Gasteiger partial charge in [0, 0.05) is 25.6 Å². The molecule has 5 heteroatoms. The Bertz CT molecular complexity index is 1090. The van der Waals surface area contributed by atoms with Gasteiger partial charge in [0.1, 0.15) is 6.61 Å². The smallest absolute Gasteiger partial charge is 0.416 e. The number of carbonyl (C=O) groups is 2. The molecule has 168 valence electrons. The van der Waals surface area contributed by atoms with E-state index in [1.54, 1.807) is 0 Å². The van der Waals surface area contributed by atoms with Crippen molar-refractivity contribution in [3.63, 3.8) is 0 Å². The maximum Gasteiger partial charge on any atom is 0.416 e. The van der Waals surface area contributed by atoms with Crippen LogP contribution in [0.15, 0.2) is 91.0 Å². The lowest BCUT2D eigenvalue weighted by Crippen LogP contribution is -2.45. The average Bonchev–Trinajstić information content (AvgIpc) is 3.44. The molecule has 33 heavy (non-hydrogen) atoms. The molecular weight excluding hydrogens is 412 g/mol. The zero-order valence-electron chi connectivity index (χ0n) is 18.5. The third-order valence-corrected chi connectivity index (χ3v) is 6.70. The number of imide groups is 1. The molecular formula is C28H28N2O3. The summed E-state index contributed by atoms with van der Waals surface area (Å²) >= 11 is 0. The Balaban J connectivity index is 1.39. The zero-order chi connectivity index (χ0) is 22.6. The predicted molar refractivity (Wildman–Crippen MR) is 127 cm³/mol. The van der Waals surface area contributed by atoms with Gasteiger partial charge < -0.3 is 4.74 Å². The molecule has 0 radical (unpaired) electrons. The van der Waals surface area contributed by atoms with E-state index in [1.807, 2.05) is 66.7 Å². The van der Waals surface area contributed by atoms with Crippen LogP contribution in [-0.2, 0) is 22.5 Å². The molecule has 3 atom stereocenters. The molecule has 0 spiro atoms. The molecule has 1 unspecified atom stereocenters. The van der Waals surface area contributed by atoms with Gasteiger partial charge in [-0.3, -0.25) is 9.69 Å². The van der Waals surface area contributed by atoms with E-state index >= 15 is 0 Å². The zero-order valence-corrected chi connectivity index (χ0v) is 18.5. The van der Waals surface area contributed by atoms with Crippen molar-refractivity contribution in [1.29, 1.82) is 0 Å². The second-order valence-electron chi connectivity index (χ2n) is 8.93. The van der Waals surface area contributed by atoms with E-state index in [9.17, 15) is 9.59 Å². The lowest BCUT2D eigenvalue weighted by Gasteiger charge is -2.26. The molecule has 2 aliphatic rings. The molecule has 5 nitrogen and oxygen atoms in total. The summed E-state index contributed by atoms with van der Waals surface area (Å²) in [5, 5.41) is 0. The quantitative estimate of drug-likeness (QED) is 0.567. The normalized spacial score (nSPS) is 23.0. The van der Waals surface area contributed by atoms with Crippen molar-refractivity contribution in [3.05, 3.63) is 108 Å². The highest BCUT2D eigenvalue weighted by atomic mass is 16.6. The number of carbonyl (C=O) groups excluding carboxylic acids is 2. The Morgan fingerprint density at radius 2 is 1.42 bits per heavy atom. The minimum absolute atomic E-state index is 0.0354. The second-order valence-corrected chi connectivity index (χ2v) is 8.93. The van der Waals surface area contributed by atoms with E-state index in [1.165, 1.54) is 10.5 Å². The topological polar surface area (TPSA) is 49.9 Å². The van der Waals surface area contributed by atoms with E-state index < -0.39 is 6.09 Å². The second kappa shape index (κ2) is 9.59. The molecule has 5 rings (SSSR count). The largest absolute Gasteiger partial charge is 0.447 e. The Kier molecular flexibility index (Phi) is 6.22. The minimum Gasteiger partial charge on any atom is -0.447 e. The van der Waals surface area contributed by atoms with Gasteiger partial charge in [-0.05, 0) is 23.1 Å². The minimum atomic E-state index is -0.519. The Morgan fingerprint density at radius 1 is 0.818 bits per heavy atom. The Morgan fingerprint density at radius 3 is 2.09 bits per heavy atom. The fourth-order valence-corrected chi connectivity index (χ4v) is 5.09. The number of nitrogens with zero attached hydrogens (tertiary/aromatic N) is 2. The van der Waals surface area contributed by atoms with Gasteiger partial charge in [-0.2, -0.15) is 0 Å². The maximum absolute atomic E-state index is 13.8. The molecule has 0 N–H and O–H groups in total. The first-order chi connectivity index (χ1) is 16.2. The highest BCUT2D eigenvalue weighted by molar-refractivity contribution is 5.95. The van der Waals surface area contributed by atoms with Gasteiger partial charge in [0.2, 0.25) is 5.91 Å². The standard InChI is InChI=1S/C28H28N2O3/c31-27(30-24(20-33-28(30)32)16-21-10-4-1-5-11-21)26-19-29(17-22-12-6-2-7-13-22)18-25(26)23-14-8-3-9-15-23/h1-15,24-26H,16-20H2/t24-,25+,26?/m0/s1. The van der Waals surface area contributed by atoms with Crippen molar-refractivity contribution in [2.45, 2.75) is 24.9 Å². The van der Waals surface area contributed by atoms with Crippen LogP contribution >= 0.6 is 0 Å². The van der Waals surface area contributed by atoms with Crippen molar-refractivity contribution >= 4 is 12.0 Å². The monoisotopic (exact) mass is 440 g/mol. The predicted octanol–water partition coefficient (Wildman–Crippen LogP) is 4.49. The van der Waals surface area contributed by atoms with Gasteiger partial charge in [-0.15, -0.1) is 0 Å². The number of ether oxygens (including phenoxy) is 1. The summed E-state index contributed by atoms with van der Waals surface area (Å²) in [6.07, 6.45) is 0.0867. The summed E-state index contributed by atoms with van der Waals surface area (Å²) in [5.74, 6) is -0.379. The summed E-state index contributed by atoms with van der Waals surface area (Å²) in [4.78, 5) is 30.2. The molecule has 0 saturated carbocycles. The van der Waals surface area contributed by atoms with Crippen molar-refractivity contribution < 1.29 is 14.3 Å². The molecule has 2 aliphatic heterocycles. The maximum atomic E-state index is 13.8. The van der Waals surface area contributed by atoms with Gasteiger partial charge >= 0.3 is 6.09 Å². The SMILES string of the molecule is O=C1OC[C@H](Cc2ccccc2)N1C(=O)C1CN(Cc2ccccc2)C[C@@H]1c1ccccc1. The van der Waals surface area contributed by atoms with Crippen LogP contribution in [0.2, 0.25) is 0 Å². The summed E-state index contributed by atoms with van der Waals surface area (Å²) in [6, 6.07) is 30.2. The molecule has 3 aromatic carbocycles. The fourth-order valence-electron chi connectivity index (χ4n) is 5.09. The van der Waals surface area contributed by atoms with E-state index in [-0.39, 0.29) is 30.4 Å². The van der Waals surface area contributed by atoms with Gasteiger partial charge in [0.05, 0.1) is 12.0 Å². The molecule has 2 saturated heterocycles. The number of amides is 2. The van der Waals surface area contributed by atoms with Crippen LogP contribution in [0.25, 0.3) is 0 Å². The summed E-state index contributed by atoms with van der Waals surface area (Å²) in [5.41, 5.74) is 3.45. The molecule has 0 bridgehead atoms. The molecule has 2 heterocycles. The number of likely N-dealkylation sites (tertiary alicyclic amines) is 1. The third kappa shape index (κ3) is 4.69. The van der Waals surface area contributed by atoms with Crippen LogP contribution in [0.1, 0.15) is 22.6 Å². The highest BCUT2D eigenvalue weighted by Crippen LogP contribution is 2.36. The van der Waals surface area contributed by atoms with Gasteiger partial charge in [-0.1, -0.05) is 91.0 Å². The van der Waals surface area contributed by atoms with Gasteiger partial charge in [0.25, 0.3) is 0 Å². The van der Waals surface area contributed by atoms with Crippen LogP contribution in [-0.4, -0.2) is 47.5 Å². The lowest BCUT2D eigenvalue weighted by atomic mass is 9.87. The Labute approximate surface area is 194 Å². The number of hydrogen-bond donors (Lipinski definition) is 0. The number of hydrogen-bond acceptors (Lipinski definition) is 4. The van der Waals surface area contributed by atoms with E-state index in [0.717, 1.165) is 24.2 Å². The van der Waals surface area contributed by atoms with E-state index in [4.69, 9.17) is 4.74 Å². The third-order valence-electron chi connectivity index (χ3n) is 6.70. The fraction of sp³-hybridized carbons (Fsp3) is 0.286. The molecule has 3 aromatic rings. The van der Waals surface area contributed by atoms with Crippen LogP contribution < -0.4 is 0 Å². The van der Waals surface area contributed by atoms with E-state index in [2.05, 4.69) is 29.2 Å². The summed E-state index contributed by atoms with van der Waals surface area (Å²) < 4.78 is 5.35. The number of rotatable bonds is 6. The Hall–Kier alpha value is -3.44. The van der Waals surface area contributed by atoms with Crippen LogP contribution in [0, 0.1) is 5.92 Å². The van der Waals surface area contributed by atoms with Crippen LogP contribution in [0.3, 0.4) is 0 Å². The molecule has 0 aromatic heterocycles. The average molecular weight is 441 g/mol. The van der Waals surface area contributed by atoms with Crippen molar-refractivity contribution in [2.75, 3.05) is 19.7 Å².